The number of carbonyl (C=O) groups excluding carboxylic acids is 1. The molecule has 2 aliphatic rings. The second-order valence-corrected chi connectivity index (χ2v) is 12.8. The average Bonchev–Trinajstić information content (AvgIpc) is 3.33. The van der Waals surface area contributed by atoms with Crippen molar-refractivity contribution < 1.29 is 13.2 Å². The van der Waals surface area contributed by atoms with Crippen molar-refractivity contribution in [1.82, 2.24) is 24.2 Å². The van der Waals surface area contributed by atoms with Crippen molar-refractivity contribution in [1.29, 1.82) is 0 Å². The van der Waals surface area contributed by atoms with Gasteiger partial charge >= 0.3 is 0 Å². The van der Waals surface area contributed by atoms with Crippen molar-refractivity contribution >= 4 is 27.7 Å². The summed E-state index contributed by atoms with van der Waals surface area (Å²) in [5.74, 6) is 0.341. The molecular formula is C27H31N5O3S2. The molecule has 2 fully saturated rings. The first-order valence-corrected chi connectivity index (χ1v) is 14.9. The topological polar surface area (TPSA) is 96.4 Å². The van der Waals surface area contributed by atoms with Gasteiger partial charge in [-0.3, -0.25) is 9.78 Å². The fourth-order valence-electron chi connectivity index (χ4n) is 5.17. The fraction of sp³-hybridized carbons (Fsp3) is 0.407. The summed E-state index contributed by atoms with van der Waals surface area (Å²) in [5.41, 5.74) is 3.20. The van der Waals surface area contributed by atoms with Crippen LogP contribution in [0.4, 0.5) is 0 Å². The van der Waals surface area contributed by atoms with Crippen molar-refractivity contribution in [2.45, 2.75) is 43.2 Å². The molecule has 2 aromatic heterocycles. The molecule has 0 atom stereocenters. The molecule has 2 saturated heterocycles. The zero-order valence-corrected chi connectivity index (χ0v) is 22.8. The minimum Gasteiger partial charge on any atom is -0.341 e. The molecule has 0 saturated carbocycles. The average molecular weight is 538 g/mol. The number of piperidine rings is 1. The van der Waals surface area contributed by atoms with E-state index in [-0.39, 0.29) is 17.1 Å². The number of benzene rings is 1. The Balaban J connectivity index is 1.16. The highest BCUT2D eigenvalue weighted by molar-refractivity contribution is 7.99. The van der Waals surface area contributed by atoms with Gasteiger partial charge in [-0.15, -0.1) is 0 Å². The molecule has 1 amide bonds. The van der Waals surface area contributed by atoms with E-state index in [9.17, 15) is 13.2 Å². The summed E-state index contributed by atoms with van der Waals surface area (Å²) in [4.78, 5) is 28.5. The third-order valence-electron chi connectivity index (χ3n) is 7.42. The van der Waals surface area contributed by atoms with Crippen LogP contribution in [0.5, 0.6) is 0 Å². The Bertz CT molecular complexity index is 1390. The molecule has 4 heterocycles. The zero-order chi connectivity index (χ0) is 26.0. The second kappa shape index (κ2) is 10.5. The van der Waals surface area contributed by atoms with Crippen molar-refractivity contribution in [3.8, 4) is 11.4 Å². The standard InChI is InChI=1S/C27H31N5O3S2/c1-20-6-7-21(2)24(17-20)37(34,35)32-15-10-27(11-16-32)9-14-31(19-27)25(33)18-36-26-29-13-8-23(30-26)22-5-3-4-12-28-22/h3-8,12-13,17H,9-11,14-16,18-19H2,1-2H3. The number of hydrogen-bond acceptors (Lipinski definition) is 7. The van der Waals surface area contributed by atoms with Crippen LogP contribution in [0.1, 0.15) is 30.4 Å². The molecule has 8 nitrogen and oxygen atoms in total. The molecule has 2 aliphatic heterocycles. The minimum absolute atomic E-state index is 0.0105. The normalized spacial score (nSPS) is 17.8. The van der Waals surface area contributed by atoms with Crippen LogP contribution in [0.2, 0.25) is 0 Å². The third-order valence-corrected chi connectivity index (χ3v) is 10.3. The summed E-state index contributed by atoms with van der Waals surface area (Å²) >= 11 is 1.33. The van der Waals surface area contributed by atoms with Crippen molar-refractivity contribution in [2.75, 3.05) is 31.9 Å². The Morgan fingerprint density at radius 3 is 2.51 bits per heavy atom. The highest BCUT2D eigenvalue weighted by Crippen LogP contribution is 2.42. The lowest BCUT2D eigenvalue weighted by Crippen LogP contribution is -2.44. The van der Waals surface area contributed by atoms with Crippen molar-refractivity contribution in [3.05, 3.63) is 66.0 Å². The first kappa shape index (κ1) is 25.8. The maximum absolute atomic E-state index is 13.3. The molecule has 0 bridgehead atoms. The number of rotatable bonds is 6. The molecule has 5 rings (SSSR count). The number of likely N-dealkylation sites (tertiary alicyclic amines) is 1. The second-order valence-electron chi connectivity index (χ2n) is 9.97. The van der Waals surface area contributed by atoms with Crippen LogP contribution >= 0.6 is 11.8 Å². The van der Waals surface area contributed by atoms with Crippen LogP contribution in [0.25, 0.3) is 11.4 Å². The van der Waals surface area contributed by atoms with Crippen molar-refractivity contribution in [3.63, 3.8) is 0 Å². The first-order valence-electron chi connectivity index (χ1n) is 12.5. The molecule has 10 heteroatoms. The summed E-state index contributed by atoms with van der Waals surface area (Å²) in [6, 6.07) is 13.0. The van der Waals surface area contributed by atoms with E-state index in [1.165, 1.54) is 11.8 Å². The Morgan fingerprint density at radius 2 is 1.76 bits per heavy atom. The summed E-state index contributed by atoms with van der Waals surface area (Å²) in [6.45, 7) is 6.11. The molecule has 0 unspecified atom stereocenters. The summed E-state index contributed by atoms with van der Waals surface area (Å²) in [7, 11) is -3.52. The maximum Gasteiger partial charge on any atom is 0.243 e. The van der Waals surface area contributed by atoms with Gasteiger partial charge in [0.1, 0.15) is 0 Å². The largest absolute Gasteiger partial charge is 0.341 e. The molecule has 194 valence electrons. The van der Waals surface area contributed by atoms with Crippen LogP contribution in [0.3, 0.4) is 0 Å². The molecule has 3 aromatic rings. The Morgan fingerprint density at radius 1 is 0.973 bits per heavy atom. The summed E-state index contributed by atoms with van der Waals surface area (Å²) in [6.07, 6.45) is 5.86. The lowest BCUT2D eigenvalue weighted by molar-refractivity contribution is -0.127. The molecule has 1 aromatic carbocycles. The van der Waals surface area contributed by atoms with Crippen molar-refractivity contribution in [2.24, 2.45) is 5.41 Å². The zero-order valence-electron chi connectivity index (χ0n) is 21.1. The van der Waals surface area contributed by atoms with Gasteiger partial charge in [0.25, 0.3) is 0 Å². The number of hydrogen-bond donors (Lipinski definition) is 0. The van der Waals surface area contributed by atoms with Gasteiger partial charge < -0.3 is 4.90 Å². The smallest absolute Gasteiger partial charge is 0.243 e. The number of amides is 1. The third kappa shape index (κ3) is 5.56. The predicted molar refractivity (Wildman–Crippen MR) is 144 cm³/mol. The van der Waals surface area contributed by atoms with Crippen LogP contribution < -0.4 is 0 Å². The number of carbonyl (C=O) groups is 1. The molecular weight excluding hydrogens is 506 g/mol. The molecule has 0 radical (unpaired) electrons. The molecule has 0 N–H and O–H groups in total. The van der Waals surface area contributed by atoms with E-state index in [1.807, 2.05) is 55.1 Å². The molecule has 0 aliphatic carbocycles. The van der Waals surface area contributed by atoms with E-state index in [4.69, 9.17) is 0 Å². The van der Waals surface area contributed by atoms with Crippen LogP contribution in [0, 0.1) is 19.3 Å². The summed E-state index contributed by atoms with van der Waals surface area (Å²) < 4.78 is 28.2. The predicted octanol–water partition coefficient (Wildman–Crippen LogP) is 3.95. The van der Waals surface area contributed by atoms with E-state index in [2.05, 4.69) is 15.0 Å². The van der Waals surface area contributed by atoms with Gasteiger partial charge in [-0.1, -0.05) is 30.0 Å². The first-order chi connectivity index (χ1) is 17.8. The van der Waals surface area contributed by atoms with Gasteiger partial charge in [0, 0.05) is 38.6 Å². The number of nitrogens with zero attached hydrogens (tertiary/aromatic N) is 5. The van der Waals surface area contributed by atoms with Gasteiger partial charge in [-0.25, -0.2) is 18.4 Å². The van der Waals surface area contributed by atoms with E-state index in [1.54, 1.807) is 22.8 Å². The van der Waals surface area contributed by atoms with E-state index in [0.717, 1.165) is 41.8 Å². The SMILES string of the molecule is Cc1ccc(C)c(S(=O)(=O)N2CCC3(CCN(C(=O)CSc4nccc(-c5ccccn5)n4)C3)CC2)c1. The molecule has 1 spiro atoms. The van der Waals surface area contributed by atoms with Gasteiger partial charge in [0.05, 0.1) is 22.0 Å². The Hall–Kier alpha value is -2.82. The number of pyridine rings is 1. The van der Waals surface area contributed by atoms with E-state index < -0.39 is 10.0 Å². The maximum atomic E-state index is 13.3. The number of aromatic nitrogens is 3. The highest BCUT2D eigenvalue weighted by atomic mass is 32.2. The number of thioether (sulfide) groups is 1. The monoisotopic (exact) mass is 537 g/mol. The number of aryl methyl sites for hydroxylation is 2. The van der Waals surface area contributed by atoms with E-state index in [0.29, 0.717) is 36.2 Å². The van der Waals surface area contributed by atoms with Gasteiger partial charge in [0.15, 0.2) is 5.16 Å². The van der Waals surface area contributed by atoms with Crippen LogP contribution in [0.15, 0.2) is 64.9 Å². The van der Waals surface area contributed by atoms with E-state index >= 15 is 0 Å². The quantitative estimate of drug-likeness (QED) is 0.347. The fourth-order valence-corrected chi connectivity index (χ4v) is 7.65. The van der Waals surface area contributed by atoms with Crippen LogP contribution in [-0.4, -0.2) is 70.4 Å². The highest BCUT2D eigenvalue weighted by Gasteiger charge is 2.44. The number of sulfonamides is 1. The lowest BCUT2D eigenvalue weighted by atomic mass is 9.78. The Kier molecular flexibility index (Phi) is 7.33. The minimum atomic E-state index is -3.52. The molecule has 37 heavy (non-hydrogen) atoms. The van der Waals surface area contributed by atoms with Gasteiger partial charge in [-0.05, 0) is 73.9 Å². The Labute approximate surface area is 222 Å². The summed E-state index contributed by atoms with van der Waals surface area (Å²) in [5, 5.41) is 0.551. The van der Waals surface area contributed by atoms with Gasteiger partial charge in [0.2, 0.25) is 15.9 Å². The van der Waals surface area contributed by atoms with Crippen LogP contribution in [-0.2, 0) is 14.8 Å². The lowest BCUT2D eigenvalue weighted by Gasteiger charge is -2.38. The van der Waals surface area contributed by atoms with Gasteiger partial charge in [-0.2, -0.15) is 4.31 Å².